The van der Waals surface area contributed by atoms with Gasteiger partial charge in [0, 0.05) is 30.2 Å². The largest absolute Gasteiger partial charge is 0.374 e. The molecule has 0 aromatic heterocycles. The lowest BCUT2D eigenvalue weighted by Gasteiger charge is -2.24. The third kappa shape index (κ3) is 2.70. The fourth-order valence-electron chi connectivity index (χ4n) is 2.21. The number of hydrogen-bond donors (Lipinski definition) is 1. The fourth-order valence-corrected chi connectivity index (χ4v) is 3.03. The summed E-state index contributed by atoms with van der Waals surface area (Å²) in [5.41, 5.74) is 3.53. The van der Waals surface area contributed by atoms with Gasteiger partial charge in [-0.3, -0.25) is 5.41 Å². The molecule has 0 saturated carbocycles. The smallest absolute Gasteiger partial charge is 0.160 e. The van der Waals surface area contributed by atoms with E-state index in [1.807, 2.05) is 6.92 Å². The Morgan fingerprint density at radius 2 is 2.28 bits per heavy atom. The van der Waals surface area contributed by atoms with Gasteiger partial charge in [-0.05, 0) is 32.4 Å². The van der Waals surface area contributed by atoms with Gasteiger partial charge in [0.1, 0.15) is 0 Å². The minimum atomic E-state index is 0.0731. The summed E-state index contributed by atoms with van der Waals surface area (Å²) in [5, 5.41) is 8.65. The van der Waals surface area contributed by atoms with Gasteiger partial charge >= 0.3 is 0 Å². The van der Waals surface area contributed by atoms with Crippen molar-refractivity contribution in [3.63, 3.8) is 0 Å². The lowest BCUT2D eigenvalue weighted by atomic mass is 10.0. The summed E-state index contributed by atoms with van der Waals surface area (Å²) < 4.78 is 5.70. The number of aryl methyl sites for hydroxylation is 1. The topological polar surface area (TPSA) is 36.3 Å². The number of amidine groups is 1. The molecule has 0 aliphatic carbocycles. The molecule has 0 bridgehead atoms. The predicted octanol–water partition coefficient (Wildman–Crippen LogP) is 3.58. The Balaban J connectivity index is 2.37. The second-order valence-corrected chi connectivity index (χ2v) is 5.55. The lowest BCUT2D eigenvalue weighted by Crippen LogP contribution is -2.24. The highest BCUT2D eigenvalue weighted by Crippen LogP contribution is 2.33. The average molecular weight is 264 g/mol. The van der Waals surface area contributed by atoms with Gasteiger partial charge in [-0.1, -0.05) is 23.9 Å². The van der Waals surface area contributed by atoms with Gasteiger partial charge < -0.3 is 9.64 Å². The maximum atomic E-state index is 8.00. The van der Waals surface area contributed by atoms with Gasteiger partial charge in [0.25, 0.3) is 0 Å². The third-order valence-electron chi connectivity index (χ3n) is 3.13. The Morgan fingerprint density at radius 3 is 2.89 bits per heavy atom. The zero-order valence-corrected chi connectivity index (χ0v) is 12.0. The zero-order valence-electron chi connectivity index (χ0n) is 11.2. The summed E-state index contributed by atoms with van der Waals surface area (Å²) in [5.74, 6) is 0.995. The van der Waals surface area contributed by atoms with Crippen LogP contribution in [-0.2, 0) is 4.74 Å². The minimum absolute atomic E-state index is 0.0731. The van der Waals surface area contributed by atoms with Crippen LogP contribution in [-0.4, -0.2) is 24.1 Å². The van der Waals surface area contributed by atoms with Crippen LogP contribution in [0.4, 0.5) is 5.69 Å². The number of benzene rings is 1. The molecule has 1 N–H and O–H groups in total. The molecule has 3 nitrogen and oxygen atoms in total. The van der Waals surface area contributed by atoms with Crippen LogP contribution in [0, 0.1) is 12.3 Å². The molecule has 1 aliphatic heterocycles. The third-order valence-corrected chi connectivity index (χ3v) is 4.01. The normalized spacial score (nSPS) is 17.3. The summed E-state index contributed by atoms with van der Waals surface area (Å²) in [6, 6.07) is 6.40. The first-order valence-corrected chi connectivity index (χ1v) is 7.33. The molecule has 1 atom stereocenters. The molecule has 1 fully saturated rings. The van der Waals surface area contributed by atoms with Crippen molar-refractivity contribution in [3.8, 4) is 0 Å². The van der Waals surface area contributed by atoms with Gasteiger partial charge in [-0.25, -0.2) is 0 Å². The van der Waals surface area contributed by atoms with Crippen LogP contribution in [0.1, 0.15) is 31.1 Å². The van der Waals surface area contributed by atoms with Crippen molar-refractivity contribution in [1.29, 1.82) is 5.41 Å². The van der Waals surface area contributed by atoms with Crippen molar-refractivity contribution >= 4 is 22.6 Å². The predicted molar refractivity (Wildman–Crippen MR) is 78.8 cm³/mol. The average Bonchev–Trinajstić information content (AvgIpc) is 2.75. The molecule has 0 spiro atoms. The van der Waals surface area contributed by atoms with Gasteiger partial charge in [0.2, 0.25) is 0 Å². The van der Waals surface area contributed by atoms with Gasteiger partial charge in [-0.15, -0.1) is 0 Å². The molecule has 98 valence electrons. The van der Waals surface area contributed by atoms with Crippen molar-refractivity contribution in [2.45, 2.75) is 26.9 Å². The maximum absolute atomic E-state index is 8.00. The Kier molecular flexibility index (Phi) is 4.30. The molecule has 2 rings (SSSR count). The molecule has 0 radical (unpaired) electrons. The molecule has 0 amide bonds. The molecule has 1 saturated heterocycles. The number of hydrogen-bond acceptors (Lipinski definition) is 3. The van der Waals surface area contributed by atoms with Crippen LogP contribution in [0.2, 0.25) is 0 Å². The van der Waals surface area contributed by atoms with Gasteiger partial charge in [-0.2, -0.15) is 0 Å². The highest BCUT2D eigenvalue weighted by molar-refractivity contribution is 8.14. The second kappa shape index (κ2) is 5.76. The first-order valence-electron chi connectivity index (χ1n) is 6.34. The van der Waals surface area contributed by atoms with E-state index in [0.29, 0.717) is 11.8 Å². The molecular formula is C14H20N2OS. The number of anilines is 1. The van der Waals surface area contributed by atoms with E-state index >= 15 is 0 Å². The summed E-state index contributed by atoms with van der Waals surface area (Å²) in [4.78, 5) is 2.09. The summed E-state index contributed by atoms with van der Waals surface area (Å²) in [7, 11) is 0. The minimum Gasteiger partial charge on any atom is -0.374 e. The highest BCUT2D eigenvalue weighted by atomic mass is 32.2. The van der Waals surface area contributed by atoms with E-state index in [-0.39, 0.29) is 6.10 Å². The van der Waals surface area contributed by atoms with Crippen LogP contribution in [0.3, 0.4) is 0 Å². The molecular weight excluding hydrogens is 244 g/mol. The number of rotatable bonds is 4. The van der Waals surface area contributed by atoms with E-state index in [9.17, 15) is 0 Å². The number of ether oxygens (including phenoxy) is 1. The summed E-state index contributed by atoms with van der Waals surface area (Å²) >= 11 is 1.61. The lowest BCUT2D eigenvalue weighted by molar-refractivity contribution is 0.0767. The summed E-state index contributed by atoms with van der Waals surface area (Å²) in [6.45, 7) is 7.80. The van der Waals surface area contributed by atoms with Crippen molar-refractivity contribution in [3.05, 3.63) is 29.3 Å². The monoisotopic (exact) mass is 264 g/mol. The van der Waals surface area contributed by atoms with Crippen molar-refractivity contribution in [2.24, 2.45) is 0 Å². The number of nitrogens with zero attached hydrogens (tertiary/aromatic N) is 1. The first-order chi connectivity index (χ1) is 8.63. The van der Waals surface area contributed by atoms with Crippen molar-refractivity contribution in [2.75, 3.05) is 23.8 Å². The van der Waals surface area contributed by atoms with Crippen molar-refractivity contribution < 1.29 is 4.74 Å². The zero-order chi connectivity index (χ0) is 13.1. The molecule has 1 unspecified atom stereocenters. The fraction of sp³-hybridized carbons (Fsp3) is 0.500. The van der Waals surface area contributed by atoms with E-state index in [0.717, 1.165) is 18.0 Å². The van der Waals surface area contributed by atoms with Crippen LogP contribution >= 0.6 is 11.8 Å². The van der Waals surface area contributed by atoms with Crippen LogP contribution in [0.5, 0.6) is 0 Å². The maximum Gasteiger partial charge on any atom is 0.160 e. The van der Waals surface area contributed by atoms with E-state index < -0.39 is 0 Å². The van der Waals surface area contributed by atoms with Gasteiger partial charge in [0.05, 0.1) is 6.10 Å². The quantitative estimate of drug-likeness (QED) is 0.903. The number of nitrogens with one attached hydrogen (secondary N) is 1. The molecule has 4 heteroatoms. The molecule has 1 aromatic carbocycles. The van der Waals surface area contributed by atoms with Crippen LogP contribution in [0.15, 0.2) is 18.2 Å². The Labute approximate surface area is 113 Å². The Bertz CT molecular complexity index is 447. The Hall–Kier alpha value is -1.00. The van der Waals surface area contributed by atoms with Crippen LogP contribution < -0.4 is 4.90 Å². The van der Waals surface area contributed by atoms with E-state index in [1.165, 1.54) is 11.1 Å². The SMILES string of the molecule is CCOC(C)c1ccc(C)cc1N1CCSC1=N. The standard InChI is InChI=1S/C14H20N2OS/c1-4-17-11(3)12-6-5-10(2)9-13(12)16-7-8-18-14(16)15/h5-6,9,11,15H,4,7-8H2,1-3H3. The molecule has 1 aliphatic rings. The van der Waals surface area contributed by atoms with E-state index in [1.54, 1.807) is 11.8 Å². The molecule has 18 heavy (non-hydrogen) atoms. The van der Waals surface area contributed by atoms with Gasteiger partial charge in [0.15, 0.2) is 5.17 Å². The molecule has 1 heterocycles. The second-order valence-electron chi connectivity index (χ2n) is 4.47. The van der Waals surface area contributed by atoms with E-state index in [4.69, 9.17) is 10.1 Å². The van der Waals surface area contributed by atoms with E-state index in [2.05, 4.69) is 36.9 Å². The van der Waals surface area contributed by atoms with Crippen molar-refractivity contribution in [1.82, 2.24) is 0 Å². The highest BCUT2D eigenvalue weighted by Gasteiger charge is 2.23. The molecule has 1 aromatic rings. The number of thioether (sulfide) groups is 1. The Morgan fingerprint density at radius 1 is 1.50 bits per heavy atom. The first kappa shape index (κ1) is 13.4. The van der Waals surface area contributed by atoms with Crippen LogP contribution in [0.25, 0.3) is 0 Å². The summed E-state index contributed by atoms with van der Waals surface area (Å²) in [6.07, 6.45) is 0.0731.